The summed E-state index contributed by atoms with van der Waals surface area (Å²) in [5.41, 5.74) is 0.676. The Kier molecular flexibility index (Phi) is 5.25. The van der Waals surface area contributed by atoms with E-state index >= 15 is 0 Å². The molecule has 1 atom stereocenters. The maximum absolute atomic E-state index is 11.7. The lowest BCUT2D eigenvalue weighted by Crippen LogP contribution is -2.37. The minimum Gasteiger partial charge on any atom is -0.350 e. The van der Waals surface area contributed by atoms with Crippen LogP contribution in [0.4, 0.5) is 0 Å². The highest BCUT2D eigenvalue weighted by molar-refractivity contribution is 9.12. The van der Waals surface area contributed by atoms with Crippen molar-refractivity contribution in [1.82, 2.24) is 10.6 Å². The largest absolute Gasteiger partial charge is 0.350 e. The molecule has 2 N–H and O–H groups in total. The Morgan fingerprint density at radius 3 is 2.73 bits per heavy atom. The molecule has 0 saturated heterocycles. The molecule has 84 valence electrons. The van der Waals surface area contributed by atoms with E-state index in [9.17, 15) is 4.79 Å². The molecule has 1 rings (SSSR count). The van der Waals surface area contributed by atoms with Gasteiger partial charge in [0.2, 0.25) is 0 Å². The molecule has 0 fully saturated rings. The van der Waals surface area contributed by atoms with E-state index < -0.39 is 0 Å². The van der Waals surface area contributed by atoms with E-state index in [1.54, 1.807) is 0 Å². The number of likely N-dealkylation sites (N-methyl/N-ethyl adjacent to an activating group) is 1. The molecule has 6 heteroatoms. The van der Waals surface area contributed by atoms with Gasteiger partial charge < -0.3 is 10.6 Å². The summed E-state index contributed by atoms with van der Waals surface area (Å²) in [6.07, 6.45) is 0. The summed E-state index contributed by atoms with van der Waals surface area (Å²) in [7, 11) is 1.87. The lowest BCUT2D eigenvalue weighted by molar-refractivity contribution is 0.0950. The molecule has 1 aromatic rings. The first-order valence-electron chi connectivity index (χ1n) is 4.45. The average Bonchev–Trinajstić information content (AvgIpc) is 2.53. The van der Waals surface area contributed by atoms with Crippen LogP contribution in [-0.4, -0.2) is 25.5 Å². The first-order valence-corrected chi connectivity index (χ1v) is 6.85. The molecule has 0 spiro atoms. The van der Waals surface area contributed by atoms with Crippen molar-refractivity contribution >= 4 is 49.1 Å². The number of hydrogen-bond donors (Lipinski definition) is 2. The zero-order valence-corrected chi connectivity index (χ0v) is 12.4. The van der Waals surface area contributed by atoms with Gasteiger partial charge in [0, 0.05) is 12.6 Å². The van der Waals surface area contributed by atoms with Gasteiger partial charge in [-0.05, 0) is 51.9 Å². The summed E-state index contributed by atoms with van der Waals surface area (Å²) in [5.74, 6) is -0.0501. The van der Waals surface area contributed by atoms with E-state index in [1.165, 1.54) is 11.3 Å². The van der Waals surface area contributed by atoms with E-state index in [0.717, 1.165) is 7.57 Å². The Labute approximate surface area is 110 Å². The van der Waals surface area contributed by atoms with Crippen LogP contribution < -0.4 is 10.6 Å². The smallest absolute Gasteiger partial charge is 0.253 e. The zero-order chi connectivity index (χ0) is 11.4. The van der Waals surface area contributed by atoms with Crippen LogP contribution in [0.15, 0.2) is 13.6 Å². The summed E-state index contributed by atoms with van der Waals surface area (Å²) in [6.45, 7) is 2.63. The monoisotopic (exact) mass is 354 g/mol. The summed E-state index contributed by atoms with van der Waals surface area (Å²) in [4.78, 5) is 11.7. The fraction of sp³-hybridized carbons (Fsp3) is 0.444. The lowest BCUT2D eigenvalue weighted by atomic mass is 10.3. The second kappa shape index (κ2) is 5.98. The van der Waals surface area contributed by atoms with Gasteiger partial charge in [0.05, 0.1) is 13.1 Å². The Bertz CT molecular complexity index is 354. The quantitative estimate of drug-likeness (QED) is 0.871. The number of rotatable bonds is 4. The van der Waals surface area contributed by atoms with E-state index in [2.05, 4.69) is 42.5 Å². The summed E-state index contributed by atoms with van der Waals surface area (Å²) >= 11 is 8.19. The van der Waals surface area contributed by atoms with Gasteiger partial charge in [-0.3, -0.25) is 4.79 Å². The molecule has 0 saturated carbocycles. The standard InChI is InChI=1S/C9H12Br2N2OS/c1-5(12-2)4-13-9(14)6-3-7(10)15-8(6)11/h3,5,12H,4H2,1-2H3,(H,13,14). The van der Waals surface area contributed by atoms with E-state index in [1.807, 2.05) is 20.0 Å². The van der Waals surface area contributed by atoms with Crippen LogP contribution in [0.5, 0.6) is 0 Å². The molecule has 3 nitrogen and oxygen atoms in total. The van der Waals surface area contributed by atoms with Gasteiger partial charge in [0.25, 0.3) is 5.91 Å². The lowest BCUT2D eigenvalue weighted by Gasteiger charge is -2.10. The summed E-state index contributed by atoms with van der Waals surface area (Å²) < 4.78 is 1.80. The molecule has 0 aromatic carbocycles. The molecule has 15 heavy (non-hydrogen) atoms. The normalized spacial score (nSPS) is 12.5. The molecule has 1 aromatic heterocycles. The number of carbonyl (C=O) groups excluding carboxylic acids is 1. The number of hydrogen-bond acceptors (Lipinski definition) is 3. The number of amides is 1. The molecule has 0 aliphatic rings. The van der Waals surface area contributed by atoms with E-state index in [-0.39, 0.29) is 11.9 Å². The molecule has 1 unspecified atom stereocenters. The first kappa shape index (κ1) is 13.2. The number of thiophene rings is 1. The van der Waals surface area contributed by atoms with Crippen LogP contribution in [0.2, 0.25) is 0 Å². The van der Waals surface area contributed by atoms with Crippen molar-refractivity contribution in [3.8, 4) is 0 Å². The van der Waals surface area contributed by atoms with Gasteiger partial charge in [-0.2, -0.15) is 0 Å². The Morgan fingerprint density at radius 2 is 2.27 bits per heavy atom. The summed E-state index contributed by atoms with van der Waals surface area (Å²) in [5, 5.41) is 5.92. The van der Waals surface area contributed by atoms with Crippen molar-refractivity contribution < 1.29 is 4.79 Å². The summed E-state index contributed by atoms with van der Waals surface area (Å²) in [6, 6.07) is 2.09. The third kappa shape index (κ3) is 3.86. The minimum absolute atomic E-state index is 0.0501. The fourth-order valence-corrected chi connectivity index (χ4v) is 3.73. The highest BCUT2D eigenvalue weighted by Gasteiger charge is 2.13. The van der Waals surface area contributed by atoms with E-state index in [0.29, 0.717) is 12.1 Å². The van der Waals surface area contributed by atoms with Gasteiger partial charge >= 0.3 is 0 Å². The molecular weight excluding hydrogens is 344 g/mol. The highest BCUT2D eigenvalue weighted by atomic mass is 79.9. The predicted molar refractivity (Wildman–Crippen MR) is 70.6 cm³/mol. The SMILES string of the molecule is CNC(C)CNC(=O)c1cc(Br)sc1Br. The predicted octanol–water partition coefficient (Wildman–Crippen LogP) is 2.61. The molecule has 1 amide bonds. The molecule has 0 bridgehead atoms. The molecule has 0 radical (unpaired) electrons. The topological polar surface area (TPSA) is 41.1 Å². The van der Waals surface area contributed by atoms with E-state index in [4.69, 9.17) is 0 Å². The molecule has 1 heterocycles. The fourth-order valence-electron chi connectivity index (χ4n) is 0.938. The van der Waals surface area contributed by atoms with Crippen LogP contribution in [0.3, 0.4) is 0 Å². The average molecular weight is 356 g/mol. The molecular formula is C9H12Br2N2OS. The molecule has 0 aliphatic heterocycles. The van der Waals surface area contributed by atoms with Gasteiger partial charge in [-0.15, -0.1) is 11.3 Å². The second-order valence-electron chi connectivity index (χ2n) is 3.14. The van der Waals surface area contributed by atoms with Gasteiger partial charge in [0.1, 0.15) is 0 Å². The van der Waals surface area contributed by atoms with Crippen LogP contribution in [0, 0.1) is 0 Å². The Balaban J connectivity index is 2.58. The van der Waals surface area contributed by atoms with Crippen molar-refractivity contribution in [1.29, 1.82) is 0 Å². The maximum atomic E-state index is 11.7. The van der Waals surface area contributed by atoms with Crippen LogP contribution in [0.1, 0.15) is 17.3 Å². The Morgan fingerprint density at radius 1 is 1.60 bits per heavy atom. The number of carbonyl (C=O) groups is 1. The third-order valence-electron chi connectivity index (χ3n) is 1.96. The van der Waals surface area contributed by atoms with Crippen molar-refractivity contribution in [3.05, 3.63) is 19.2 Å². The van der Waals surface area contributed by atoms with Gasteiger partial charge in [-0.1, -0.05) is 0 Å². The van der Waals surface area contributed by atoms with Crippen LogP contribution in [-0.2, 0) is 0 Å². The van der Waals surface area contributed by atoms with Crippen molar-refractivity contribution in [3.63, 3.8) is 0 Å². The minimum atomic E-state index is -0.0501. The zero-order valence-electron chi connectivity index (χ0n) is 8.43. The van der Waals surface area contributed by atoms with Gasteiger partial charge in [0.15, 0.2) is 0 Å². The van der Waals surface area contributed by atoms with Crippen LogP contribution >= 0.6 is 43.2 Å². The highest BCUT2D eigenvalue weighted by Crippen LogP contribution is 2.31. The number of nitrogens with one attached hydrogen (secondary N) is 2. The van der Waals surface area contributed by atoms with Crippen molar-refractivity contribution in [2.45, 2.75) is 13.0 Å². The number of halogens is 2. The third-order valence-corrected chi connectivity index (χ3v) is 4.30. The second-order valence-corrected chi connectivity index (χ2v) is 6.89. The van der Waals surface area contributed by atoms with Crippen LogP contribution in [0.25, 0.3) is 0 Å². The maximum Gasteiger partial charge on any atom is 0.253 e. The van der Waals surface area contributed by atoms with Gasteiger partial charge in [-0.25, -0.2) is 0 Å². The van der Waals surface area contributed by atoms with Crippen molar-refractivity contribution in [2.75, 3.05) is 13.6 Å². The Hall–Kier alpha value is 0.0900. The first-order chi connectivity index (χ1) is 7.04. The molecule has 0 aliphatic carbocycles. The van der Waals surface area contributed by atoms with Crippen molar-refractivity contribution in [2.24, 2.45) is 0 Å².